The summed E-state index contributed by atoms with van der Waals surface area (Å²) in [7, 11) is 0. The van der Waals surface area contributed by atoms with Gasteiger partial charge in [0.25, 0.3) is 5.91 Å². The first-order valence-corrected chi connectivity index (χ1v) is 8.91. The van der Waals surface area contributed by atoms with E-state index in [2.05, 4.69) is 31.1 Å². The zero-order valence-electron chi connectivity index (χ0n) is 14.8. The van der Waals surface area contributed by atoms with Crippen molar-refractivity contribution in [2.75, 3.05) is 13.1 Å². The summed E-state index contributed by atoms with van der Waals surface area (Å²) in [5, 5.41) is 5.31. The molecule has 6 nitrogen and oxygen atoms in total. The minimum absolute atomic E-state index is 0.0751. The van der Waals surface area contributed by atoms with Crippen molar-refractivity contribution in [3.8, 4) is 0 Å². The molecular weight excluding hydrogens is 306 g/mol. The van der Waals surface area contributed by atoms with Gasteiger partial charge in [-0.3, -0.25) is 14.9 Å². The van der Waals surface area contributed by atoms with Crippen LogP contribution in [0.5, 0.6) is 0 Å². The van der Waals surface area contributed by atoms with Crippen molar-refractivity contribution in [1.82, 2.24) is 15.5 Å². The molecule has 2 saturated heterocycles. The number of hydrogen-bond donors (Lipinski definition) is 2. The van der Waals surface area contributed by atoms with Crippen molar-refractivity contribution < 1.29 is 14.4 Å². The Bertz CT molecular complexity index is 510. The van der Waals surface area contributed by atoms with Gasteiger partial charge in [-0.1, -0.05) is 19.9 Å². The third kappa shape index (κ3) is 3.97. The monoisotopic (exact) mass is 335 g/mol. The van der Waals surface area contributed by atoms with Crippen LogP contribution in [0.15, 0.2) is 12.7 Å². The number of likely N-dealkylation sites (tertiary alicyclic amines) is 1. The first-order valence-electron chi connectivity index (χ1n) is 8.91. The van der Waals surface area contributed by atoms with E-state index < -0.39 is 11.6 Å². The van der Waals surface area contributed by atoms with Crippen LogP contribution in [0.3, 0.4) is 0 Å². The Kier molecular flexibility index (Phi) is 6.02. The molecule has 134 valence electrons. The Morgan fingerprint density at radius 1 is 1.38 bits per heavy atom. The summed E-state index contributed by atoms with van der Waals surface area (Å²) >= 11 is 0. The zero-order chi connectivity index (χ0) is 17.7. The lowest BCUT2D eigenvalue weighted by atomic mass is 9.74. The Labute approximate surface area is 144 Å². The number of nitrogens with one attached hydrogen (secondary N) is 2. The van der Waals surface area contributed by atoms with Gasteiger partial charge in [0.05, 0.1) is 0 Å². The predicted molar refractivity (Wildman–Crippen MR) is 92.2 cm³/mol. The fraction of sp³-hybridized carbons (Fsp3) is 0.722. The van der Waals surface area contributed by atoms with Gasteiger partial charge in [0.15, 0.2) is 0 Å². The first-order chi connectivity index (χ1) is 11.4. The first kappa shape index (κ1) is 18.5. The number of hydrogen-bond acceptors (Lipinski definition) is 3. The molecule has 1 unspecified atom stereocenters. The van der Waals surface area contributed by atoms with Crippen molar-refractivity contribution in [2.24, 2.45) is 11.8 Å². The Morgan fingerprint density at radius 3 is 2.54 bits per heavy atom. The summed E-state index contributed by atoms with van der Waals surface area (Å²) in [4.78, 5) is 38.2. The summed E-state index contributed by atoms with van der Waals surface area (Å²) in [6, 6.07) is -0.395. The topological polar surface area (TPSA) is 78.5 Å². The van der Waals surface area contributed by atoms with Gasteiger partial charge in [-0.05, 0) is 43.9 Å². The number of nitrogens with zero attached hydrogens (tertiary/aromatic N) is 1. The van der Waals surface area contributed by atoms with Crippen LogP contribution >= 0.6 is 0 Å². The average molecular weight is 335 g/mol. The van der Waals surface area contributed by atoms with Gasteiger partial charge in [0.2, 0.25) is 5.91 Å². The fourth-order valence-corrected chi connectivity index (χ4v) is 3.69. The maximum atomic E-state index is 12.5. The normalized spacial score (nSPS) is 24.9. The van der Waals surface area contributed by atoms with Crippen molar-refractivity contribution in [2.45, 2.75) is 57.9 Å². The van der Waals surface area contributed by atoms with Crippen molar-refractivity contribution >= 4 is 17.8 Å². The predicted octanol–water partition coefficient (Wildman–Crippen LogP) is 2.21. The van der Waals surface area contributed by atoms with Crippen LogP contribution < -0.4 is 10.6 Å². The summed E-state index contributed by atoms with van der Waals surface area (Å²) < 4.78 is 0. The molecule has 0 saturated carbocycles. The van der Waals surface area contributed by atoms with Gasteiger partial charge in [-0.15, -0.1) is 6.58 Å². The highest BCUT2D eigenvalue weighted by molar-refractivity contribution is 6.07. The van der Waals surface area contributed by atoms with Gasteiger partial charge in [-0.2, -0.15) is 0 Å². The number of imide groups is 1. The van der Waals surface area contributed by atoms with Crippen LogP contribution in [-0.2, 0) is 9.59 Å². The van der Waals surface area contributed by atoms with Gasteiger partial charge >= 0.3 is 6.03 Å². The Balaban J connectivity index is 2.02. The summed E-state index contributed by atoms with van der Waals surface area (Å²) in [5.41, 5.74) is -0.808. The molecule has 2 fully saturated rings. The van der Waals surface area contributed by atoms with Crippen LogP contribution in [0.25, 0.3) is 0 Å². The SMILES string of the molecule is C=CCCC(=O)N1CCC(C2(CCC(C)C)NC(=O)NC2=O)CC1. The quantitative estimate of drug-likeness (QED) is 0.553. The molecule has 0 spiro atoms. The van der Waals surface area contributed by atoms with Crippen molar-refractivity contribution in [3.63, 3.8) is 0 Å². The number of carbonyl (C=O) groups is 3. The highest BCUT2D eigenvalue weighted by Crippen LogP contribution is 2.35. The van der Waals surface area contributed by atoms with E-state index in [1.807, 2.05) is 4.90 Å². The molecule has 2 rings (SSSR count). The highest BCUT2D eigenvalue weighted by atomic mass is 16.2. The summed E-state index contributed by atoms with van der Waals surface area (Å²) in [6.45, 7) is 9.17. The number of urea groups is 1. The van der Waals surface area contributed by atoms with Crippen molar-refractivity contribution in [1.29, 1.82) is 0 Å². The van der Waals surface area contributed by atoms with Gasteiger partial charge in [0, 0.05) is 19.5 Å². The largest absolute Gasteiger partial charge is 0.343 e. The lowest BCUT2D eigenvalue weighted by Gasteiger charge is -2.41. The molecule has 4 amide bonds. The second-order valence-electron chi connectivity index (χ2n) is 7.29. The second-order valence-corrected chi connectivity index (χ2v) is 7.29. The van der Waals surface area contributed by atoms with E-state index in [1.165, 1.54) is 0 Å². The maximum Gasteiger partial charge on any atom is 0.322 e. The maximum absolute atomic E-state index is 12.5. The van der Waals surface area contributed by atoms with Gasteiger partial charge in [-0.25, -0.2) is 4.79 Å². The minimum Gasteiger partial charge on any atom is -0.343 e. The highest BCUT2D eigenvalue weighted by Gasteiger charge is 2.51. The molecule has 0 aromatic rings. The van der Waals surface area contributed by atoms with Crippen molar-refractivity contribution in [3.05, 3.63) is 12.7 Å². The molecule has 2 aliphatic rings. The van der Waals surface area contributed by atoms with Gasteiger partial charge < -0.3 is 10.2 Å². The van der Waals surface area contributed by atoms with E-state index >= 15 is 0 Å². The third-order valence-corrected chi connectivity index (χ3v) is 5.19. The number of carbonyl (C=O) groups excluding carboxylic acids is 3. The Hall–Kier alpha value is -1.85. The molecule has 0 aromatic carbocycles. The van der Waals surface area contributed by atoms with Crippen LogP contribution in [0.1, 0.15) is 52.4 Å². The third-order valence-electron chi connectivity index (χ3n) is 5.19. The standard InChI is InChI=1S/C18H29N3O3/c1-4-5-6-15(22)21-11-8-14(9-12-21)18(10-7-13(2)3)16(23)19-17(24)20-18/h4,13-14H,1,5-12H2,2-3H3,(H2,19,20,23,24). The van der Waals surface area contributed by atoms with E-state index in [9.17, 15) is 14.4 Å². The number of allylic oxidation sites excluding steroid dienone is 1. The molecule has 2 heterocycles. The van der Waals surface area contributed by atoms with Crippen LogP contribution in [0, 0.1) is 11.8 Å². The molecule has 0 aromatic heterocycles. The zero-order valence-corrected chi connectivity index (χ0v) is 14.8. The number of amides is 4. The van der Waals surface area contributed by atoms with Gasteiger partial charge in [0.1, 0.15) is 5.54 Å². The number of piperidine rings is 1. The van der Waals surface area contributed by atoms with E-state index in [1.54, 1.807) is 6.08 Å². The van der Waals surface area contributed by atoms with E-state index in [4.69, 9.17) is 0 Å². The van der Waals surface area contributed by atoms with Crippen LogP contribution in [-0.4, -0.2) is 41.4 Å². The molecule has 2 aliphatic heterocycles. The molecule has 6 heteroatoms. The molecule has 1 atom stereocenters. The minimum atomic E-state index is -0.808. The molecular formula is C18H29N3O3. The van der Waals surface area contributed by atoms with E-state index in [-0.39, 0.29) is 17.7 Å². The smallest absolute Gasteiger partial charge is 0.322 e. The molecule has 0 radical (unpaired) electrons. The molecule has 24 heavy (non-hydrogen) atoms. The van der Waals surface area contributed by atoms with E-state index in [0.717, 1.165) is 19.3 Å². The fourth-order valence-electron chi connectivity index (χ4n) is 3.69. The molecule has 0 bridgehead atoms. The summed E-state index contributed by atoms with van der Waals surface area (Å²) in [6.07, 6.45) is 5.95. The van der Waals surface area contributed by atoms with Crippen LogP contribution in [0.2, 0.25) is 0 Å². The lowest BCUT2D eigenvalue weighted by molar-refractivity contribution is -0.133. The summed E-state index contributed by atoms with van der Waals surface area (Å²) in [5.74, 6) is 0.480. The number of rotatable bonds is 7. The van der Waals surface area contributed by atoms with E-state index in [0.29, 0.717) is 38.3 Å². The Morgan fingerprint density at radius 2 is 2.04 bits per heavy atom. The second kappa shape index (κ2) is 7.81. The molecule has 0 aliphatic carbocycles. The lowest BCUT2D eigenvalue weighted by Crippen LogP contribution is -2.56. The van der Waals surface area contributed by atoms with Crippen LogP contribution in [0.4, 0.5) is 4.79 Å². The molecule has 2 N–H and O–H groups in total. The average Bonchev–Trinajstić information content (AvgIpc) is 2.85.